The van der Waals surface area contributed by atoms with Crippen LogP contribution in [0.4, 0.5) is 10.5 Å². The number of nitrogens with zero attached hydrogens (tertiary/aromatic N) is 1. The third-order valence-corrected chi connectivity index (χ3v) is 4.66. The van der Waals surface area contributed by atoms with Crippen molar-refractivity contribution in [1.29, 1.82) is 0 Å². The minimum atomic E-state index is -0.933. The van der Waals surface area contributed by atoms with Crippen molar-refractivity contribution < 1.29 is 18.8 Å². The van der Waals surface area contributed by atoms with Gasteiger partial charge in [-0.15, -0.1) is 0 Å². The number of fused-ring (bicyclic) bond motifs is 1. The second kappa shape index (κ2) is 6.62. The van der Waals surface area contributed by atoms with Gasteiger partial charge in [-0.2, -0.15) is 0 Å². The molecule has 0 saturated carbocycles. The van der Waals surface area contributed by atoms with Crippen molar-refractivity contribution in [2.24, 2.45) is 0 Å². The highest BCUT2D eigenvalue weighted by molar-refractivity contribution is 6.10. The van der Waals surface area contributed by atoms with Gasteiger partial charge in [-0.3, -0.25) is 14.5 Å². The molecule has 3 rings (SSSR count). The first-order chi connectivity index (χ1) is 12.4. The second-order valence-electron chi connectivity index (χ2n) is 6.17. The molecule has 1 aliphatic heterocycles. The molecule has 26 heavy (non-hydrogen) atoms. The minimum absolute atomic E-state index is 0.367. The number of hydrogen-bond donors (Lipinski definition) is 2. The van der Waals surface area contributed by atoms with Gasteiger partial charge in [0.2, 0.25) is 5.91 Å². The lowest BCUT2D eigenvalue weighted by Crippen LogP contribution is -2.46. The highest BCUT2D eigenvalue weighted by Gasteiger charge is 2.49. The molecular weight excluding hydrogens is 338 g/mol. The summed E-state index contributed by atoms with van der Waals surface area (Å²) in [5.74, 6) is -0.879. The summed E-state index contributed by atoms with van der Waals surface area (Å²) >= 11 is 0. The number of rotatable bonds is 5. The Morgan fingerprint density at radius 1 is 1.15 bits per heavy atom. The smallest absolute Gasteiger partial charge is 0.336 e. The summed E-state index contributed by atoms with van der Waals surface area (Å²) < 4.78 is 5.03. The van der Waals surface area contributed by atoms with Crippen LogP contribution in [-0.2, 0) is 9.59 Å². The topological polar surface area (TPSA) is 109 Å². The third kappa shape index (κ3) is 3.05. The fourth-order valence-electron chi connectivity index (χ4n) is 3.04. The summed E-state index contributed by atoms with van der Waals surface area (Å²) in [6.07, 6.45) is 0.921. The van der Waals surface area contributed by atoms with Crippen molar-refractivity contribution in [2.45, 2.75) is 32.2 Å². The van der Waals surface area contributed by atoms with Crippen LogP contribution in [-0.4, -0.2) is 34.8 Å². The fraction of sp³-hybridized carbons (Fsp3) is 0.333. The van der Waals surface area contributed by atoms with Crippen molar-refractivity contribution >= 4 is 34.5 Å². The number of benzene rings is 1. The van der Waals surface area contributed by atoms with Crippen molar-refractivity contribution in [3.8, 4) is 0 Å². The molecule has 0 radical (unpaired) electrons. The molecule has 2 heterocycles. The summed E-state index contributed by atoms with van der Waals surface area (Å²) in [6.45, 7) is 3.27. The first kappa shape index (κ1) is 17.7. The Morgan fingerprint density at radius 3 is 2.54 bits per heavy atom. The molecule has 0 unspecified atom stereocenters. The van der Waals surface area contributed by atoms with Gasteiger partial charge in [-0.05, 0) is 37.1 Å². The maximum absolute atomic E-state index is 12.5. The number of carbonyl (C=O) groups excluding carboxylic acids is 3. The van der Waals surface area contributed by atoms with E-state index in [2.05, 4.69) is 10.6 Å². The third-order valence-electron chi connectivity index (χ3n) is 4.66. The Bertz CT molecular complexity index is 945. The minimum Gasteiger partial charge on any atom is -0.423 e. The number of urea groups is 1. The van der Waals surface area contributed by atoms with Crippen LogP contribution >= 0.6 is 0 Å². The van der Waals surface area contributed by atoms with Gasteiger partial charge in [0.1, 0.15) is 17.7 Å². The maximum atomic E-state index is 12.5. The number of anilines is 1. The molecule has 1 saturated heterocycles. The molecule has 1 fully saturated rings. The lowest BCUT2D eigenvalue weighted by Gasteiger charge is -2.23. The Morgan fingerprint density at radius 2 is 1.88 bits per heavy atom. The SMILES string of the molecule is CCC1(CC)NC(=O)N(CC(=O)Nc2ccc3oc(=O)ccc3c2)C1=O. The molecule has 1 aliphatic rings. The van der Waals surface area contributed by atoms with Gasteiger partial charge in [0.15, 0.2) is 0 Å². The number of carbonyl (C=O) groups is 3. The zero-order valence-corrected chi connectivity index (χ0v) is 14.5. The molecule has 1 aromatic heterocycles. The zero-order chi connectivity index (χ0) is 18.9. The predicted molar refractivity (Wildman–Crippen MR) is 94.7 cm³/mol. The first-order valence-electron chi connectivity index (χ1n) is 8.36. The first-order valence-corrected chi connectivity index (χ1v) is 8.36. The lowest BCUT2D eigenvalue weighted by molar-refractivity contribution is -0.134. The number of nitrogens with one attached hydrogen (secondary N) is 2. The zero-order valence-electron chi connectivity index (χ0n) is 14.5. The van der Waals surface area contributed by atoms with Gasteiger partial charge < -0.3 is 15.1 Å². The van der Waals surface area contributed by atoms with Crippen molar-refractivity contribution in [2.75, 3.05) is 11.9 Å². The van der Waals surface area contributed by atoms with E-state index >= 15 is 0 Å². The summed E-state index contributed by atoms with van der Waals surface area (Å²) in [6, 6.07) is 7.11. The monoisotopic (exact) mass is 357 g/mol. The molecule has 8 nitrogen and oxygen atoms in total. The van der Waals surface area contributed by atoms with E-state index < -0.39 is 23.1 Å². The lowest BCUT2D eigenvalue weighted by atomic mass is 9.93. The van der Waals surface area contributed by atoms with Gasteiger partial charge in [0.25, 0.3) is 5.91 Å². The van der Waals surface area contributed by atoms with Gasteiger partial charge >= 0.3 is 11.7 Å². The second-order valence-corrected chi connectivity index (χ2v) is 6.17. The van der Waals surface area contributed by atoms with Gasteiger partial charge in [-0.25, -0.2) is 9.59 Å². The Kier molecular flexibility index (Phi) is 4.50. The van der Waals surface area contributed by atoms with Crippen LogP contribution in [0.1, 0.15) is 26.7 Å². The molecule has 136 valence electrons. The van der Waals surface area contributed by atoms with E-state index in [-0.39, 0.29) is 12.5 Å². The molecule has 0 aliphatic carbocycles. The van der Waals surface area contributed by atoms with E-state index in [1.807, 2.05) is 13.8 Å². The molecule has 0 bridgehead atoms. The van der Waals surface area contributed by atoms with Gasteiger partial charge in [0.05, 0.1) is 0 Å². The average molecular weight is 357 g/mol. The Hall–Kier alpha value is -3.16. The van der Waals surface area contributed by atoms with Crippen LogP contribution in [0.15, 0.2) is 39.5 Å². The molecule has 8 heteroatoms. The predicted octanol–water partition coefficient (Wildman–Crippen LogP) is 1.84. The highest BCUT2D eigenvalue weighted by atomic mass is 16.4. The Balaban J connectivity index is 1.73. The number of imide groups is 1. The number of hydrogen-bond acceptors (Lipinski definition) is 5. The van der Waals surface area contributed by atoms with Crippen LogP contribution < -0.4 is 16.3 Å². The van der Waals surface area contributed by atoms with Crippen LogP contribution in [0, 0.1) is 0 Å². The van der Waals surface area contributed by atoms with Gasteiger partial charge in [0, 0.05) is 17.1 Å². The van der Waals surface area contributed by atoms with Crippen LogP contribution in [0.2, 0.25) is 0 Å². The molecule has 0 spiro atoms. The van der Waals surface area contributed by atoms with Gasteiger partial charge in [-0.1, -0.05) is 13.8 Å². The quantitative estimate of drug-likeness (QED) is 0.627. The molecular formula is C18H19N3O5. The fourth-order valence-corrected chi connectivity index (χ4v) is 3.04. The molecule has 1 aromatic carbocycles. The van der Waals surface area contributed by atoms with Crippen LogP contribution in [0.25, 0.3) is 11.0 Å². The molecule has 0 atom stereocenters. The van der Waals surface area contributed by atoms with E-state index in [0.29, 0.717) is 29.5 Å². The summed E-state index contributed by atoms with van der Waals surface area (Å²) in [5, 5.41) is 5.97. The summed E-state index contributed by atoms with van der Waals surface area (Å²) in [4.78, 5) is 49.0. The van der Waals surface area contributed by atoms with Crippen LogP contribution in [0.3, 0.4) is 0 Å². The largest absolute Gasteiger partial charge is 0.423 e. The molecule has 2 aromatic rings. The molecule has 2 N–H and O–H groups in total. The maximum Gasteiger partial charge on any atom is 0.336 e. The standard InChI is InChI=1S/C18H19N3O5/c1-3-18(4-2)16(24)21(17(25)20-18)10-14(22)19-12-6-7-13-11(9-12)5-8-15(23)26-13/h5-9H,3-4,10H2,1-2H3,(H,19,22)(H,20,25). The normalized spacial score (nSPS) is 16.0. The van der Waals surface area contributed by atoms with E-state index in [9.17, 15) is 19.2 Å². The van der Waals surface area contributed by atoms with E-state index in [1.165, 1.54) is 6.07 Å². The van der Waals surface area contributed by atoms with Crippen molar-refractivity contribution in [3.05, 3.63) is 40.8 Å². The molecule has 4 amide bonds. The Labute approximate surface area is 149 Å². The van der Waals surface area contributed by atoms with E-state index in [0.717, 1.165) is 4.90 Å². The highest BCUT2D eigenvalue weighted by Crippen LogP contribution is 2.25. The van der Waals surface area contributed by atoms with E-state index in [1.54, 1.807) is 24.3 Å². The van der Waals surface area contributed by atoms with Crippen molar-refractivity contribution in [1.82, 2.24) is 10.2 Å². The van der Waals surface area contributed by atoms with E-state index in [4.69, 9.17) is 4.42 Å². The average Bonchev–Trinajstić information content (AvgIpc) is 2.86. The summed E-state index contributed by atoms with van der Waals surface area (Å²) in [5.41, 5.74) is -0.512. The van der Waals surface area contributed by atoms with Crippen molar-refractivity contribution in [3.63, 3.8) is 0 Å². The summed E-state index contributed by atoms with van der Waals surface area (Å²) in [7, 11) is 0. The number of amides is 4. The van der Waals surface area contributed by atoms with Crippen LogP contribution in [0.5, 0.6) is 0 Å².